The van der Waals surface area contributed by atoms with E-state index >= 15 is 0 Å². The Bertz CT molecular complexity index is 406. The first-order valence-electron chi connectivity index (χ1n) is 7.10. The van der Waals surface area contributed by atoms with Gasteiger partial charge in [0.25, 0.3) is 0 Å². The fraction of sp³-hybridized carbons (Fsp3) is 0.643. The third kappa shape index (κ3) is 2.37. The van der Waals surface area contributed by atoms with Crippen LogP contribution in [0.3, 0.4) is 0 Å². The number of anilines is 3. The number of pyridine rings is 1. The summed E-state index contributed by atoms with van der Waals surface area (Å²) >= 11 is 0. The van der Waals surface area contributed by atoms with Gasteiger partial charge in [0.05, 0.1) is 0 Å². The molecule has 0 unspecified atom stereocenters. The van der Waals surface area contributed by atoms with Crippen LogP contribution in [0, 0.1) is 0 Å². The van der Waals surface area contributed by atoms with E-state index in [0.717, 1.165) is 43.5 Å². The van der Waals surface area contributed by atoms with Crippen molar-refractivity contribution < 1.29 is 0 Å². The summed E-state index contributed by atoms with van der Waals surface area (Å²) in [4.78, 5) is 9.54. The normalized spacial score (nSPS) is 20.4. The number of nitrogens with zero attached hydrogens (tertiary/aromatic N) is 3. The zero-order chi connectivity index (χ0) is 12.4. The minimum atomic E-state index is 0.840. The minimum absolute atomic E-state index is 0.840. The Morgan fingerprint density at radius 3 is 1.72 bits per heavy atom. The second-order valence-corrected chi connectivity index (χ2v) is 5.36. The molecule has 2 aliphatic rings. The van der Waals surface area contributed by atoms with Gasteiger partial charge in [0.2, 0.25) is 0 Å². The van der Waals surface area contributed by atoms with Gasteiger partial charge in [0.15, 0.2) is 0 Å². The van der Waals surface area contributed by atoms with Crippen LogP contribution in [0.25, 0.3) is 0 Å². The molecule has 2 aliphatic heterocycles. The second-order valence-electron chi connectivity index (χ2n) is 5.36. The van der Waals surface area contributed by atoms with Gasteiger partial charge in [-0.2, -0.15) is 0 Å². The molecule has 18 heavy (non-hydrogen) atoms. The lowest BCUT2D eigenvalue weighted by Crippen LogP contribution is -2.31. The van der Waals surface area contributed by atoms with Crippen molar-refractivity contribution >= 4 is 17.3 Å². The van der Waals surface area contributed by atoms with E-state index in [2.05, 4.69) is 9.80 Å². The first-order valence-corrected chi connectivity index (χ1v) is 7.10. The van der Waals surface area contributed by atoms with Crippen molar-refractivity contribution in [2.24, 2.45) is 0 Å². The maximum atomic E-state index is 6.04. The molecular weight excluding hydrogens is 224 g/mol. The Kier molecular flexibility index (Phi) is 3.26. The molecule has 2 saturated heterocycles. The van der Waals surface area contributed by atoms with E-state index in [1.54, 1.807) is 0 Å². The van der Waals surface area contributed by atoms with Crippen molar-refractivity contribution in [2.75, 3.05) is 41.7 Å². The van der Waals surface area contributed by atoms with E-state index in [4.69, 9.17) is 10.7 Å². The molecule has 0 radical (unpaired) electrons. The summed E-state index contributed by atoms with van der Waals surface area (Å²) < 4.78 is 0. The van der Waals surface area contributed by atoms with Crippen LogP contribution in [0.1, 0.15) is 32.1 Å². The first kappa shape index (κ1) is 11.6. The highest BCUT2D eigenvalue weighted by molar-refractivity contribution is 5.60. The number of rotatable bonds is 2. The van der Waals surface area contributed by atoms with Crippen molar-refractivity contribution in [1.82, 2.24) is 4.98 Å². The fourth-order valence-corrected chi connectivity index (χ4v) is 2.91. The molecule has 4 nitrogen and oxygen atoms in total. The molecule has 0 aliphatic carbocycles. The first-order chi connectivity index (χ1) is 8.83. The third-order valence-electron chi connectivity index (χ3n) is 3.93. The van der Waals surface area contributed by atoms with Gasteiger partial charge in [-0.15, -0.1) is 0 Å². The van der Waals surface area contributed by atoms with Gasteiger partial charge in [-0.05, 0) is 32.1 Å². The smallest absolute Gasteiger partial charge is 0.133 e. The highest BCUT2D eigenvalue weighted by Gasteiger charge is 2.17. The number of hydrogen-bond donors (Lipinski definition) is 1. The van der Waals surface area contributed by atoms with Crippen molar-refractivity contribution in [1.29, 1.82) is 0 Å². The molecule has 0 spiro atoms. The molecule has 2 N–H and O–H groups in total. The van der Waals surface area contributed by atoms with E-state index in [-0.39, 0.29) is 0 Å². The van der Waals surface area contributed by atoms with Crippen LogP contribution in [0.2, 0.25) is 0 Å². The molecular formula is C14H22N4. The highest BCUT2D eigenvalue weighted by atomic mass is 15.3. The van der Waals surface area contributed by atoms with Crippen molar-refractivity contribution in [3.63, 3.8) is 0 Å². The Morgan fingerprint density at radius 1 is 0.778 bits per heavy atom. The average molecular weight is 246 g/mol. The van der Waals surface area contributed by atoms with Crippen molar-refractivity contribution in [2.45, 2.75) is 32.1 Å². The van der Waals surface area contributed by atoms with Gasteiger partial charge in [-0.1, -0.05) is 0 Å². The largest absolute Gasteiger partial charge is 0.399 e. The second kappa shape index (κ2) is 5.04. The maximum Gasteiger partial charge on any atom is 0.133 e. The van der Waals surface area contributed by atoms with Gasteiger partial charge in [0.1, 0.15) is 11.6 Å². The molecule has 0 bridgehead atoms. The molecule has 0 aromatic carbocycles. The van der Waals surface area contributed by atoms with Crippen LogP contribution in [-0.4, -0.2) is 31.2 Å². The summed E-state index contributed by atoms with van der Waals surface area (Å²) in [6, 6.07) is 4.03. The Hall–Kier alpha value is -1.45. The number of aromatic nitrogens is 1. The molecule has 3 rings (SSSR count). The van der Waals surface area contributed by atoms with E-state index in [1.165, 1.54) is 32.1 Å². The topological polar surface area (TPSA) is 45.4 Å². The monoisotopic (exact) mass is 246 g/mol. The maximum absolute atomic E-state index is 6.04. The Labute approximate surface area is 109 Å². The van der Waals surface area contributed by atoms with Gasteiger partial charge in [-0.25, -0.2) is 4.98 Å². The van der Waals surface area contributed by atoms with E-state index in [0.29, 0.717) is 0 Å². The molecule has 2 fully saturated rings. The minimum Gasteiger partial charge on any atom is -0.399 e. The number of nitrogen functional groups attached to an aromatic ring is 1. The quantitative estimate of drug-likeness (QED) is 0.869. The van der Waals surface area contributed by atoms with Crippen LogP contribution < -0.4 is 15.5 Å². The fourth-order valence-electron chi connectivity index (χ4n) is 2.91. The Balaban J connectivity index is 1.84. The van der Waals surface area contributed by atoms with E-state index < -0.39 is 0 Å². The van der Waals surface area contributed by atoms with Crippen LogP contribution in [0.4, 0.5) is 17.3 Å². The third-order valence-corrected chi connectivity index (χ3v) is 3.93. The van der Waals surface area contributed by atoms with E-state index in [1.807, 2.05) is 12.1 Å². The molecule has 0 atom stereocenters. The van der Waals surface area contributed by atoms with Crippen LogP contribution >= 0.6 is 0 Å². The highest BCUT2D eigenvalue weighted by Crippen LogP contribution is 2.26. The Morgan fingerprint density at radius 2 is 1.22 bits per heavy atom. The summed E-state index contributed by atoms with van der Waals surface area (Å²) in [6.07, 6.45) is 6.44. The molecule has 4 heteroatoms. The van der Waals surface area contributed by atoms with Crippen LogP contribution in [0.15, 0.2) is 12.1 Å². The standard InChI is InChI=1S/C14H22N4/c15-12-10-13(17-6-2-1-3-7-17)16-14(11-12)18-8-4-5-9-18/h10-11H,1-9H2,(H2,15,16). The van der Waals surface area contributed by atoms with Crippen LogP contribution in [-0.2, 0) is 0 Å². The predicted octanol–water partition coefficient (Wildman–Crippen LogP) is 2.25. The predicted molar refractivity (Wildman–Crippen MR) is 76.2 cm³/mol. The molecule has 98 valence electrons. The van der Waals surface area contributed by atoms with Gasteiger partial charge in [0, 0.05) is 44.0 Å². The van der Waals surface area contributed by atoms with Crippen LogP contribution in [0.5, 0.6) is 0 Å². The lowest BCUT2D eigenvalue weighted by Gasteiger charge is -2.29. The zero-order valence-corrected chi connectivity index (χ0v) is 10.9. The number of nitrogens with two attached hydrogens (primary N) is 1. The van der Waals surface area contributed by atoms with Gasteiger partial charge < -0.3 is 15.5 Å². The van der Waals surface area contributed by atoms with Crippen molar-refractivity contribution in [3.8, 4) is 0 Å². The number of piperidine rings is 1. The average Bonchev–Trinajstić information content (AvgIpc) is 2.93. The molecule has 3 heterocycles. The zero-order valence-electron chi connectivity index (χ0n) is 10.9. The molecule has 0 amide bonds. The lowest BCUT2D eigenvalue weighted by atomic mass is 10.1. The number of hydrogen-bond acceptors (Lipinski definition) is 4. The summed E-state index contributed by atoms with van der Waals surface area (Å²) in [6.45, 7) is 4.48. The summed E-state index contributed by atoms with van der Waals surface area (Å²) in [5, 5.41) is 0. The lowest BCUT2D eigenvalue weighted by molar-refractivity contribution is 0.573. The molecule has 1 aromatic heterocycles. The van der Waals surface area contributed by atoms with Gasteiger partial charge in [-0.3, -0.25) is 0 Å². The molecule has 0 saturated carbocycles. The summed E-state index contributed by atoms with van der Waals surface area (Å²) in [5.74, 6) is 2.13. The summed E-state index contributed by atoms with van der Waals surface area (Å²) in [7, 11) is 0. The van der Waals surface area contributed by atoms with E-state index in [9.17, 15) is 0 Å². The van der Waals surface area contributed by atoms with Gasteiger partial charge >= 0.3 is 0 Å². The molecule has 1 aromatic rings. The summed E-state index contributed by atoms with van der Waals surface area (Å²) in [5.41, 5.74) is 6.88. The SMILES string of the molecule is Nc1cc(N2CCCCC2)nc(N2CCCC2)c1. The van der Waals surface area contributed by atoms with Crippen molar-refractivity contribution in [3.05, 3.63) is 12.1 Å².